The number of rotatable bonds is 5. The van der Waals surface area contributed by atoms with Gasteiger partial charge in [0.2, 0.25) is 0 Å². The molecule has 24 heavy (non-hydrogen) atoms. The van der Waals surface area contributed by atoms with E-state index in [-0.39, 0.29) is 0 Å². The van der Waals surface area contributed by atoms with Crippen molar-refractivity contribution in [3.63, 3.8) is 0 Å². The van der Waals surface area contributed by atoms with Crippen molar-refractivity contribution in [3.05, 3.63) is 78.4 Å². The first-order chi connectivity index (χ1) is 11.3. The van der Waals surface area contributed by atoms with E-state index in [2.05, 4.69) is 74.8 Å². The Labute approximate surface area is 141 Å². The molecule has 0 atom stereocenters. The van der Waals surface area contributed by atoms with Gasteiger partial charge in [-0.25, -0.2) is 9.59 Å². The first-order valence-electron chi connectivity index (χ1n) is 7.38. The van der Waals surface area contributed by atoms with E-state index in [1.54, 1.807) is 0 Å². The number of benzene rings is 2. The van der Waals surface area contributed by atoms with Crippen molar-refractivity contribution in [2.24, 2.45) is 0 Å². The van der Waals surface area contributed by atoms with Gasteiger partial charge in [-0.1, -0.05) is 48.5 Å². The largest absolute Gasteiger partial charge is 0.478 e. The molecule has 0 aliphatic rings. The molecule has 0 spiro atoms. The van der Waals surface area contributed by atoms with Gasteiger partial charge in [-0.3, -0.25) is 4.48 Å². The van der Waals surface area contributed by atoms with Gasteiger partial charge in [-0.15, -0.1) is 0 Å². The van der Waals surface area contributed by atoms with Gasteiger partial charge < -0.3 is 10.2 Å². The van der Waals surface area contributed by atoms with Gasteiger partial charge in [0, 0.05) is 17.7 Å². The molecule has 0 heterocycles. The topological polar surface area (TPSA) is 74.6 Å². The van der Waals surface area contributed by atoms with E-state index in [4.69, 9.17) is 10.2 Å². The molecule has 0 unspecified atom stereocenters. The number of nitrogens with zero attached hydrogens (tertiary/aromatic N) is 1. The maximum atomic E-state index is 9.55. The fourth-order valence-electron chi connectivity index (χ4n) is 2.11. The molecule has 2 aromatic rings. The lowest BCUT2D eigenvalue weighted by atomic mass is 10.2. The molecule has 0 aliphatic heterocycles. The predicted octanol–water partition coefficient (Wildman–Crippen LogP) is 3.17. The van der Waals surface area contributed by atoms with Crippen LogP contribution in [0.5, 0.6) is 0 Å². The van der Waals surface area contributed by atoms with Crippen LogP contribution in [-0.2, 0) is 16.1 Å². The molecule has 0 saturated carbocycles. The molecule has 0 bridgehead atoms. The molecule has 0 aromatic heterocycles. The van der Waals surface area contributed by atoms with Crippen LogP contribution in [0.25, 0.3) is 0 Å². The van der Waals surface area contributed by atoms with Crippen molar-refractivity contribution < 1.29 is 19.8 Å². The minimum absolute atomic E-state index is 0.558. The second kappa shape index (κ2) is 9.27. The summed E-state index contributed by atoms with van der Waals surface area (Å²) in [5.74, 6) is -2.51. The van der Waals surface area contributed by atoms with Crippen LogP contribution in [0.2, 0.25) is 0 Å². The van der Waals surface area contributed by atoms with E-state index in [9.17, 15) is 9.59 Å². The smallest absolute Gasteiger partial charge is 0.328 e. The average Bonchev–Trinajstić information content (AvgIpc) is 2.55. The molecule has 0 aliphatic carbocycles. The zero-order valence-electron chi connectivity index (χ0n) is 13.8. The van der Waals surface area contributed by atoms with Crippen molar-refractivity contribution in [3.8, 4) is 0 Å². The van der Waals surface area contributed by atoms with Gasteiger partial charge in [0.1, 0.15) is 12.2 Å². The van der Waals surface area contributed by atoms with Crippen LogP contribution in [0.1, 0.15) is 5.56 Å². The van der Waals surface area contributed by atoms with Gasteiger partial charge in [-0.2, -0.15) is 0 Å². The van der Waals surface area contributed by atoms with E-state index >= 15 is 0 Å². The molecule has 0 radical (unpaired) electrons. The van der Waals surface area contributed by atoms with Crippen LogP contribution in [0.4, 0.5) is 5.69 Å². The fourth-order valence-corrected chi connectivity index (χ4v) is 2.11. The number of carbonyl (C=O) groups is 2. The first-order valence-corrected chi connectivity index (χ1v) is 7.38. The summed E-state index contributed by atoms with van der Waals surface area (Å²) in [6.07, 6.45) is 1.12. The Morgan fingerprint density at radius 3 is 1.67 bits per heavy atom. The molecule has 0 fully saturated rings. The van der Waals surface area contributed by atoms with Crippen LogP contribution in [0.3, 0.4) is 0 Å². The molecular formula is C19H22NO4+. The van der Waals surface area contributed by atoms with E-state index in [1.807, 2.05) is 0 Å². The lowest BCUT2D eigenvalue weighted by Crippen LogP contribution is -2.39. The zero-order chi connectivity index (χ0) is 18.0. The van der Waals surface area contributed by atoms with E-state index < -0.39 is 11.9 Å². The summed E-state index contributed by atoms with van der Waals surface area (Å²) >= 11 is 0. The Kier molecular flexibility index (Phi) is 7.39. The molecule has 126 valence electrons. The second-order valence-electron chi connectivity index (χ2n) is 5.67. The number of carboxylic acids is 2. The Morgan fingerprint density at radius 2 is 1.25 bits per heavy atom. The minimum atomic E-state index is -1.26. The highest BCUT2D eigenvalue weighted by Crippen LogP contribution is 2.21. The summed E-state index contributed by atoms with van der Waals surface area (Å²) < 4.78 is 0.880. The quantitative estimate of drug-likeness (QED) is 0.653. The number of para-hydroxylation sites is 1. The monoisotopic (exact) mass is 328 g/mol. The average molecular weight is 328 g/mol. The number of quaternary nitrogens is 1. The fraction of sp³-hybridized carbons (Fsp3) is 0.158. The zero-order valence-corrected chi connectivity index (χ0v) is 13.8. The number of carboxylic acid groups (broad SMARTS) is 2. The lowest BCUT2D eigenvalue weighted by molar-refractivity contribution is -0.134. The predicted molar refractivity (Wildman–Crippen MR) is 94.6 cm³/mol. The van der Waals surface area contributed by atoms with Crippen LogP contribution in [0.15, 0.2) is 72.8 Å². The van der Waals surface area contributed by atoms with Crippen molar-refractivity contribution in [2.45, 2.75) is 6.54 Å². The highest BCUT2D eigenvalue weighted by molar-refractivity contribution is 5.89. The Hall–Kier alpha value is -2.92. The molecule has 2 N–H and O–H groups in total. The molecular weight excluding hydrogens is 306 g/mol. The van der Waals surface area contributed by atoms with Gasteiger partial charge in [-0.05, 0) is 12.1 Å². The van der Waals surface area contributed by atoms with Crippen LogP contribution in [0, 0.1) is 0 Å². The third-order valence-electron chi connectivity index (χ3n) is 3.24. The third-order valence-corrected chi connectivity index (χ3v) is 3.24. The summed E-state index contributed by atoms with van der Waals surface area (Å²) in [6.45, 7) is 1.02. The number of aliphatic carboxylic acids is 2. The van der Waals surface area contributed by atoms with Crippen molar-refractivity contribution in [1.82, 2.24) is 4.48 Å². The lowest BCUT2D eigenvalue weighted by Gasteiger charge is -2.29. The van der Waals surface area contributed by atoms with Gasteiger partial charge in [0.25, 0.3) is 0 Å². The molecule has 5 heteroatoms. The summed E-state index contributed by atoms with van der Waals surface area (Å²) in [5, 5.41) is 15.6. The van der Waals surface area contributed by atoms with Crippen LogP contribution < -0.4 is 4.48 Å². The number of hydrogen-bond acceptors (Lipinski definition) is 2. The van der Waals surface area contributed by atoms with Crippen molar-refractivity contribution in [2.75, 3.05) is 14.1 Å². The maximum absolute atomic E-state index is 9.55. The van der Waals surface area contributed by atoms with Crippen molar-refractivity contribution in [1.29, 1.82) is 0 Å². The molecule has 5 nitrogen and oxygen atoms in total. The molecule has 0 saturated heterocycles. The summed E-state index contributed by atoms with van der Waals surface area (Å²) in [4.78, 5) is 19.1. The summed E-state index contributed by atoms with van der Waals surface area (Å²) in [7, 11) is 4.48. The molecule has 2 aromatic carbocycles. The minimum Gasteiger partial charge on any atom is -0.478 e. The normalized spacial score (nSPS) is 10.8. The first kappa shape index (κ1) is 19.1. The van der Waals surface area contributed by atoms with Crippen LogP contribution >= 0.6 is 0 Å². The van der Waals surface area contributed by atoms with E-state index in [0.717, 1.165) is 11.0 Å². The third kappa shape index (κ3) is 7.38. The van der Waals surface area contributed by atoms with Gasteiger partial charge >= 0.3 is 11.9 Å². The summed E-state index contributed by atoms with van der Waals surface area (Å²) in [6, 6.07) is 21.2. The van der Waals surface area contributed by atoms with Gasteiger partial charge in [0.05, 0.1) is 14.1 Å². The van der Waals surface area contributed by atoms with Gasteiger partial charge in [0.15, 0.2) is 0 Å². The molecule has 2 rings (SSSR count). The highest BCUT2D eigenvalue weighted by atomic mass is 16.4. The Bertz CT molecular complexity index is 663. The highest BCUT2D eigenvalue weighted by Gasteiger charge is 2.18. The Morgan fingerprint density at radius 1 is 0.833 bits per heavy atom. The molecule has 0 amide bonds. The van der Waals surface area contributed by atoms with Crippen molar-refractivity contribution >= 4 is 17.6 Å². The Balaban J connectivity index is 0.000000307. The van der Waals surface area contributed by atoms with E-state index in [0.29, 0.717) is 12.2 Å². The number of hydrogen-bond donors (Lipinski definition) is 2. The van der Waals surface area contributed by atoms with Crippen LogP contribution in [-0.4, -0.2) is 36.2 Å². The van der Waals surface area contributed by atoms with E-state index in [1.165, 1.54) is 11.3 Å². The standard InChI is InChI=1S/C15H18N.C4H4O4/c1-16(2,15-11-7-4-8-12-15)13-14-9-5-3-6-10-14;5-3(6)1-2-4(7)8/h3-12H,13H2,1-2H3;1-2H,(H,5,6)(H,7,8)/q+1;/b;2-1+. The second-order valence-corrected chi connectivity index (χ2v) is 5.67. The SMILES string of the molecule is C[N+](C)(Cc1ccccc1)c1ccccc1.O=C(O)/C=C/C(=O)O. The summed E-state index contributed by atoms with van der Waals surface area (Å²) in [5.41, 5.74) is 2.71. The maximum Gasteiger partial charge on any atom is 0.328 e.